The van der Waals surface area contributed by atoms with E-state index in [1.165, 1.54) is 6.07 Å². The molecule has 2 rings (SSSR count). The standard InChI is InChI=1S/C19H21NO5/c1-4-24-17-10-14(7-8-16(17)25-11-18(21)22)19(23)20-15-9-12(2)5-6-13(15)3/h5-10H,4,11H2,1-3H3,(H,20,23)(H,21,22). The van der Waals surface area contributed by atoms with Crippen molar-refractivity contribution in [2.75, 3.05) is 18.5 Å². The van der Waals surface area contributed by atoms with Gasteiger partial charge in [-0.05, 0) is 56.2 Å². The second-order valence-corrected chi connectivity index (χ2v) is 5.55. The van der Waals surface area contributed by atoms with Crippen LogP contribution in [0, 0.1) is 13.8 Å². The molecule has 0 radical (unpaired) electrons. The Morgan fingerprint density at radius 1 is 1.04 bits per heavy atom. The Labute approximate surface area is 146 Å². The number of carbonyl (C=O) groups is 2. The van der Waals surface area contributed by atoms with Crippen molar-refractivity contribution in [3.63, 3.8) is 0 Å². The highest BCUT2D eigenvalue weighted by Gasteiger charge is 2.13. The summed E-state index contributed by atoms with van der Waals surface area (Å²) in [7, 11) is 0. The zero-order valence-corrected chi connectivity index (χ0v) is 14.5. The monoisotopic (exact) mass is 343 g/mol. The van der Waals surface area contributed by atoms with Crippen LogP contribution in [0.15, 0.2) is 36.4 Å². The van der Waals surface area contributed by atoms with E-state index >= 15 is 0 Å². The van der Waals surface area contributed by atoms with Gasteiger partial charge in [0.05, 0.1) is 6.61 Å². The molecular weight excluding hydrogens is 322 g/mol. The first kappa shape index (κ1) is 18.3. The van der Waals surface area contributed by atoms with Crippen LogP contribution in [0.4, 0.5) is 5.69 Å². The smallest absolute Gasteiger partial charge is 0.341 e. The molecule has 2 aromatic rings. The fourth-order valence-electron chi connectivity index (χ4n) is 2.24. The summed E-state index contributed by atoms with van der Waals surface area (Å²) in [6.45, 7) is 5.56. The van der Waals surface area contributed by atoms with Crippen molar-refractivity contribution in [3.05, 3.63) is 53.1 Å². The highest BCUT2D eigenvalue weighted by Crippen LogP contribution is 2.29. The first-order chi connectivity index (χ1) is 11.9. The first-order valence-corrected chi connectivity index (χ1v) is 7.90. The van der Waals surface area contributed by atoms with Crippen LogP contribution in [-0.2, 0) is 4.79 Å². The fourth-order valence-corrected chi connectivity index (χ4v) is 2.24. The third kappa shape index (κ3) is 4.97. The summed E-state index contributed by atoms with van der Waals surface area (Å²) in [6, 6.07) is 10.5. The summed E-state index contributed by atoms with van der Waals surface area (Å²) >= 11 is 0. The Kier molecular flexibility index (Phi) is 6.00. The number of carboxylic acids is 1. The van der Waals surface area contributed by atoms with E-state index < -0.39 is 12.6 Å². The number of carboxylic acid groups (broad SMARTS) is 1. The number of amides is 1. The number of hydrogen-bond acceptors (Lipinski definition) is 4. The molecule has 0 fully saturated rings. The summed E-state index contributed by atoms with van der Waals surface area (Å²) in [5, 5.41) is 11.6. The van der Waals surface area contributed by atoms with Gasteiger partial charge in [-0.1, -0.05) is 12.1 Å². The Hall–Kier alpha value is -3.02. The van der Waals surface area contributed by atoms with E-state index in [4.69, 9.17) is 14.6 Å². The zero-order chi connectivity index (χ0) is 18.4. The van der Waals surface area contributed by atoms with E-state index in [0.29, 0.717) is 17.9 Å². The van der Waals surface area contributed by atoms with Crippen molar-refractivity contribution >= 4 is 17.6 Å². The number of carbonyl (C=O) groups excluding carboxylic acids is 1. The minimum Gasteiger partial charge on any atom is -0.490 e. The number of ether oxygens (including phenoxy) is 2. The number of hydrogen-bond donors (Lipinski definition) is 2. The molecule has 0 saturated heterocycles. The van der Waals surface area contributed by atoms with Crippen LogP contribution in [0.25, 0.3) is 0 Å². The molecule has 132 valence electrons. The average molecular weight is 343 g/mol. The van der Waals surface area contributed by atoms with Gasteiger partial charge in [0.1, 0.15) is 0 Å². The second kappa shape index (κ2) is 8.19. The van der Waals surface area contributed by atoms with Crippen LogP contribution in [0.5, 0.6) is 11.5 Å². The molecular formula is C19H21NO5. The summed E-state index contributed by atoms with van der Waals surface area (Å²) in [5.74, 6) is -0.747. The lowest BCUT2D eigenvalue weighted by Crippen LogP contribution is -2.14. The highest BCUT2D eigenvalue weighted by atomic mass is 16.5. The molecule has 0 bridgehead atoms. The summed E-state index contributed by atoms with van der Waals surface area (Å²) in [5.41, 5.74) is 3.15. The summed E-state index contributed by atoms with van der Waals surface area (Å²) in [4.78, 5) is 23.2. The van der Waals surface area contributed by atoms with Gasteiger partial charge in [0, 0.05) is 11.3 Å². The van der Waals surface area contributed by atoms with Gasteiger partial charge < -0.3 is 19.9 Å². The molecule has 0 spiro atoms. The van der Waals surface area contributed by atoms with Gasteiger partial charge in [0.15, 0.2) is 18.1 Å². The fraction of sp³-hybridized carbons (Fsp3) is 0.263. The molecule has 2 aromatic carbocycles. The second-order valence-electron chi connectivity index (χ2n) is 5.55. The van der Waals surface area contributed by atoms with E-state index in [0.717, 1.165) is 16.8 Å². The predicted molar refractivity (Wildman–Crippen MR) is 94.6 cm³/mol. The van der Waals surface area contributed by atoms with Crippen molar-refractivity contribution in [1.29, 1.82) is 0 Å². The van der Waals surface area contributed by atoms with E-state index in [2.05, 4.69) is 5.32 Å². The summed E-state index contributed by atoms with van der Waals surface area (Å²) < 4.78 is 10.6. The average Bonchev–Trinajstić information content (AvgIpc) is 2.57. The Morgan fingerprint density at radius 3 is 2.48 bits per heavy atom. The lowest BCUT2D eigenvalue weighted by molar-refractivity contribution is -0.139. The van der Waals surface area contributed by atoms with E-state index in [-0.39, 0.29) is 11.7 Å². The minimum atomic E-state index is -1.08. The predicted octanol–water partition coefficient (Wildman–Crippen LogP) is 3.42. The third-order valence-electron chi connectivity index (χ3n) is 3.50. The molecule has 0 heterocycles. The van der Waals surface area contributed by atoms with Crippen LogP contribution >= 0.6 is 0 Å². The van der Waals surface area contributed by atoms with Gasteiger partial charge in [-0.25, -0.2) is 4.79 Å². The molecule has 0 aliphatic heterocycles. The third-order valence-corrected chi connectivity index (χ3v) is 3.50. The quantitative estimate of drug-likeness (QED) is 0.805. The number of benzene rings is 2. The van der Waals surface area contributed by atoms with Crippen LogP contribution in [-0.4, -0.2) is 30.2 Å². The van der Waals surface area contributed by atoms with Gasteiger partial charge in [0.25, 0.3) is 5.91 Å². The molecule has 0 unspecified atom stereocenters. The molecule has 2 N–H and O–H groups in total. The van der Waals surface area contributed by atoms with Crippen molar-refractivity contribution in [2.45, 2.75) is 20.8 Å². The molecule has 25 heavy (non-hydrogen) atoms. The first-order valence-electron chi connectivity index (χ1n) is 7.90. The molecule has 1 amide bonds. The molecule has 0 saturated carbocycles. The molecule has 0 atom stereocenters. The van der Waals surface area contributed by atoms with E-state index in [9.17, 15) is 9.59 Å². The normalized spacial score (nSPS) is 10.2. The number of aliphatic carboxylic acids is 1. The van der Waals surface area contributed by atoms with E-state index in [1.54, 1.807) is 19.1 Å². The van der Waals surface area contributed by atoms with Gasteiger partial charge in [-0.3, -0.25) is 4.79 Å². The van der Waals surface area contributed by atoms with Crippen LogP contribution in [0.3, 0.4) is 0 Å². The van der Waals surface area contributed by atoms with Gasteiger partial charge >= 0.3 is 5.97 Å². The Morgan fingerprint density at radius 2 is 1.80 bits per heavy atom. The maximum atomic E-state index is 12.5. The lowest BCUT2D eigenvalue weighted by atomic mass is 10.1. The maximum Gasteiger partial charge on any atom is 0.341 e. The Balaban J connectivity index is 2.22. The van der Waals surface area contributed by atoms with E-state index in [1.807, 2.05) is 32.0 Å². The van der Waals surface area contributed by atoms with Crippen LogP contribution in [0.2, 0.25) is 0 Å². The van der Waals surface area contributed by atoms with Crippen molar-refractivity contribution in [2.24, 2.45) is 0 Å². The van der Waals surface area contributed by atoms with Crippen molar-refractivity contribution in [1.82, 2.24) is 0 Å². The summed E-state index contributed by atoms with van der Waals surface area (Å²) in [6.07, 6.45) is 0. The van der Waals surface area contributed by atoms with Gasteiger partial charge in [-0.2, -0.15) is 0 Å². The Bertz CT molecular complexity index is 785. The van der Waals surface area contributed by atoms with Crippen LogP contribution in [0.1, 0.15) is 28.4 Å². The molecule has 0 aliphatic rings. The number of anilines is 1. The molecule has 0 aliphatic carbocycles. The SMILES string of the molecule is CCOc1cc(C(=O)Nc2cc(C)ccc2C)ccc1OCC(=O)O. The van der Waals surface area contributed by atoms with Crippen molar-refractivity contribution < 1.29 is 24.2 Å². The topological polar surface area (TPSA) is 84.9 Å². The molecule has 6 heteroatoms. The van der Waals surface area contributed by atoms with Crippen molar-refractivity contribution in [3.8, 4) is 11.5 Å². The highest BCUT2D eigenvalue weighted by molar-refractivity contribution is 6.05. The number of aryl methyl sites for hydroxylation is 2. The van der Waals surface area contributed by atoms with Gasteiger partial charge in [-0.15, -0.1) is 0 Å². The zero-order valence-electron chi connectivity index (χ0n) is 14.5. The lowest BCUT2D eigenvalue weighted by Gasteiger charge is -2.13. The number of nitrogens with one attached hydrogen (secondary N) is 1. The van der Waals surface area contributed by atoms with Crippen LogP contribution < -0.4 is 14.8 Å². The number of rotatable bonds is 7. The maximum absolute atomic E-state index is 12.5. The van der Waals surface area contributed by atoms with Gasteiger partial charge in [0.2, 0.25) is 0 Å². The largest absolute Gasteiger partial charge is 0.490 e. The molecule has 0 aromatic heterocycles. The molecule has 6 nitrogen and oxygen atoms in total. The minimum absolute atomic E-state index is 0.278.